The fourth-order valence-corrected chi connectivity index (χ4v) is 1.03. The summed E-state index contributed by atoms with van der Waals surface area (Å²) in [5.74, 6) is -0.262. The molecule has 1 atom stereocenters. The van der Waals surface area contributed by atoms with E-state index in [1.54, 1.807) is 0 Å². The maximum absolute atomic E-state index is 11.8. The predicted octanol–water partition coefficient (Wildman–Crippen LogP) is 2.77. The first-order valence-electron chi connectivity index (χ1n) is 4.16. The molecular weight excluding hydrogens is 207 g/mol. The van der Waals surface area contributed by atoms with Gasteiger partial charge in [0.2, 0.25) is 0 Å². The van der Waals surface area contributed by atoms with E-state index in [0.29, 0.717) is 5.56 Å². The summed E-state index contributed by atoms with van der Waals surface area (Å²) in [6.45, 7) is 3.48. The summed E-state index contributed by atoms with van der Waals surface area (Å²) in [6.07, 6.45) is -3.16. The van der Waals surface area contributed by atoms with Crippen LogP contribution in [0.3, 0.4) is 0 Å². The molecule has 15 heavy (non-hydrogen) atoms. The molecule has 1 rings (SSSR count). The molecule has 1 aromatic carbocycles. The maximum atomic E-state index is 11.8. The molecule has 0 aromatic heterocycles. The Kier molecular flexibility index (Phi) is 3.36. The highest BCUT2D eigenvalue weighted by Gasteiger charge is 2.30. The second kappa shape index (κ2) is 4.35. The van der Waals surface area contributed by atoms with E-state index < -0.39 is 6.36 Å². The van der Waals surface area contributed by atoms with Gasteiger partial charge < -0.3 is 10.5 Å². The number of rotatable bonds is 3. The Labute approximate surface area is 85.2 Å². The van der Waals surface area contributed by atoms with Crippen molar-refractivity contribution in [1.29, 1.82) is 0 Å². The molecule has 5 heteroatoms. The van der Waals surface area contributed by atoms with Crippen molar-refractivity contribution in [3.05, 3.63) is 42.5 Å². The van der Waals surface area contributed by atoms with Crippen LogP contribution in [0, 0.1) is 0 Å². The highest BCUT2D eigenvalue weighted by atomic mass is 19.4. The van der Waals surface area contributed by atoms with Crippen LogP contribution in [0.15, 0.2) is 36.9 Å². The number of ether oxygens (including phenoxy) is 1. The van der Waals surface area contributed by atoms with Crippen LogP contribution in [-0.2, 0) is 0 Å². The zero-order chi connectivity index (χ0) is 11.5. The molecule has 0 aliphatic rings. The van der Waals surface area contributed by atoms with Crippen LogP contribution in [0.5, 0.6) is 5.75 Å². The van der Waals surface area contributed by atoms with Gasteiger partial charge in [0.25, 0.3) is 0 Å². The molecule has 2 nitrogen and oxygen atoms in total. The van der Waals surface area contributed by atoms with Gasteiger partial charge in [-0.05, 0) is 17.7 Å². The van der Waals surface area contributed by atoms with Crippen LogP contribution in [0.4, 0.5) is 13.2 Å². The van der Waals surface area contributed by atoms with Gasteiger partial charge in [-0.15, -0.1) is 19.8 Å². The zero-order valence-electron chi connectivity index (χ0n) is 7.79. The van der Waals surface area contributed by atoms with Crippen LogP contribution in [0.1, 0.15) is 11.6 Å². The Morgan fingerprint density at radius 2 is 1.80 bits per heavy atom. The van der Waals surface area contributed by atoms with Gasteiger partial charge in [0, 0.05) is 6.04 Å². The maximum Gasteiger partial charge on any atom is 0.573 e. The fourth-order valence-electron chi connectivity index (χ4n) is 1.03. The van der Waals surface area contributed by atoms with Crippen molar-refractivity contribution in [3.8, 4) is 5.75 Å². The molecule has 0 saturated heterocycles. The lowest BCUT2D eigenvalue weighted by molar-refractivity contribution is -0.274. The third kappa shape index (κ3) is 3.63. The van der Waals surface area contributed by atoms with E-state index in [1.165, 1.54) is 30.3 Å². The normalized spacial score (nSPS) is 13.3. The Balaban J connectivity index is 2.77. The Bertz CT molecular complexity index is 332. The second-order valence-corrected chi connectivity index (χ2v) is 2.88. The van der Waals surface area contributed by atoms with Gasteiger partial charge in [0.1, 0.15) is 5.75 Å². The summed E-state index contributed by atoms with van der Waals surface area (Å²) < 4.78 is 39.1. The quantitative estimate of drug-likeness (QED) is 0.790. The first kappa shape index (κ1) is 11.6. The highest BCUT2D eigenvalue weighted by Crippen LogP contribution is 2.23. The molecule has 0 heterocycles. The third-order valence-corrected chi connectivity index (χ3v) is 1.75. The van der Waals surface area contributed by atoms with E-state index in [-0.39, 0.29) is 11.8 Å². The Morgan fingerprint density at radius 1 is 1.27 bits per heavy atom. The molecule has 0 fully saturated rings. The molecule has 0 aliphatic carbocycles. The van der Waals surface area contributed by atoms with E-state index in [2.05, 4.69) is 11.3 Å². The largest absolute Gasteiger partial charge is 0.573 e. The fraction of sp³-hybridized carbons (Fsp3) is 0.200. The van der Waals surface area contributed by atoms with Crippen LogP contribution in [-0.4, -0.2) is 6.36 Å². The topological polar surface area (TPSA) is 35.2 Å². The minimum Gasteiger partial charge on any atom is -0.406 e. The number of benzene rings is 1. The van der Waals surface area contributed by atoms with Crippen molar-refractivity contribution in [2.24, 2.45) is 5.73 Å². The lowest BCUT2D eigenvalue weighted by atomic mass is 10.1. The molecule has 2 N–H and O–H groups in total. The average molecular weight is 217 g/mol. The minimum absolute atomic E-state index is 0.262. The lowest BCUT2D eigenvalue weighted by Crippen LogP contribution is -2.17. The van der Waals surface area contributed by atoms with E-state index in [4.69, 9.17) is 5.73 Å². The summed E-state index contributed by atoms with van der Waals surface area (Å²) in [5.41, 5.74) is 6.27. The summed E-state index contributed by atoms with van der Waals surface area (Å²) in [5, 5.41) is 0. The second-order valence-electron chi connectivity index (χ2n) is 2.88. The van der Waals surface area contributed by atoms with Crippen LogP contribution in [0.25, 0.3) is 0 Å². The van der Waals surface area contributed by atoms with Gasteiger partial charge in [0.15, 0.2) is 0 Å². The monoisotopic (exact) mass is 217 g/mol. The summed E-state index contributed by atoms with van der Waals surface area (Å²) in [4.78, 5) is 0. The highest BCUT2D eigenvalue weighted by molar-refractivity contribution is 5.30. The molecule has 0 aliphatic heterocycles. The lowest BCUT2D eigenvalue weighted by Gasteiger charge is -2.10. The van der Waals surface area contributed by atoms with Crippen molar-refractivity contribution < 1.29 is 17.9 Å². The summed E-state index contributed by atoms with van der Waals surface area (Å²) in [6, 6.07) is 4.98. The number of alkyl halides is 3. The number of hydrogen-bond acceptors (Lipinski definition) is 2. The van der Waals surface area contributed by atoms with Gasteiger partial charge in [-0.1, -0.05) is 18.2 Å². The van der Waals surface area contributed by atoms with Crippen molar-refractivity contribution in [3.63, 3.8) is 0 Å². The number of hydrogen-bond donors (Lipinski definition) is 1. The molecule has 0 saturated carbocycles. The first-order chi connectivity index (χ1) is 6.92. The van der Waals surface area contributed by atoms with Gasteiger partial charge in [0.05, 0.1) is 0 Å². The molecule has 1 unspecified atom stereocenters. The summed E-state index contributed by atoms with van der Waals surface area (Å²) >= 11 is 0. The van der Waals surface area contributed by atoms with Crippen LogP contribution >= 0.6 is 0 Å². The number of nitrogens with two attached hydrogens (primary N) is 1. The molecule has 1 aromatic rings. The molecular formula is C10H10F3NO. The van der Waals surface area contributed by atoms with Gasteiger partial charge in [-0.25, -0.2) is 0 Å². The first-order valence-corrected chi connectivity index (χ1v) is 4.16. The SMILES string of the molecule is C=CC(N)c1ccc(OC(F)(F)F)cc1. The van der Waals surface area contributed by atoms with E-state index >= 15 is 0 Å². The van der Waals surface area contributed by atoms with Crippen molar-refractivity contribution in [1.82, 2.24) is 0 Å². The van der Waals surface area contributed by atoms with Crippen molar-refractivity contribution >= 4 is 0 Å². The Hall–Kier alpha value is -1.49. The molecule has 0 spiro atoms. The van der Waals surface area contributed by atoms with Gasteiger partial charge in [-0.3, -0.25) is 0 Å². The van der Waals surface area contributed by atoms with E-state index in [1.807, 2.05) is 0 Å². The average Bonchev–Trinajstić information content (AvgIpc) is 2.15. The van der Waals surface area contributed by atoms with Gasteiger partial charge >= 0.3 is 6.36 Å². The van der Waals surface area contributed by atoms with Crippen molar-refractivity contribution in [2.75, 3.05) is 0 Å². The standard InChI is InChI=1S/C10H10F3NO/c1-2-9(14)7-3-5-8(6-4-7)15-10(11,12)13/h2-6,9H,1,14H2. The van der Waals surface area contributed by atoms with Gasteiger partial charge in [-0.2, -0.15) is 0 Å². The number of halogens is 3. The predicted molar refractivity (Wildman–Crippen MR) is 50.3 cm³/mol. The molecule has 0 radical (unpaired) electrons. The third-order valence-electron chi connectivity index (χ3n) is 1.75. The zero-order valence-corrected chi connectivity index (χ0v) is 7.79. The minimum atomic E-state index is -4.66. The van der Waals surface area contributed by atoms with E-state index in [9.17, 15) is 13.2 Å². The summed E-state index contributed by atoms with van der Waals surface area (Å²) in [7, 11) is 0. The van der Waals surface area contributed by atoms with Crippen LogP contribution in [0.2, 0.25) is 0 Å². The van der Waals surface area contributed by atoms with Crippen LogP contribution < -0.4 is 10.5 Å². The molecule has 0 amide bonds. The molecule has 0 bridgehead atoms. The van der Waals surface area contributed by atoms with Crippen molar-refractivity contribution in [2.45, 2.75) is 12.4 Å². The van der Waals surface area contributed by atoms with E-state index in [0.717, 1.165) is 0 Å². The Morgan fingerprint density at radius 3 is 2.20 bits per heavy atom. The smallest absolute Gasteiger partial charge is 0.406 e. The molecule has 82 valence electrons.